The Morgan fingerprint density at radius 2 is 0.986 bits per heavy atom. The number of hydrogen-bond acceptors (Lipinski definition) is 12. The molecule has 5 aromatic rings. The average molecular weight is 1040 g/mol. The lowest BCUT2D eigenvalue weighted by molar-refractivity contribution is -0.127. The largest absolute Gasteiger partial charge is 0.496 e. The SMILES string of the molecule is COc1ccc(NC(=O)c2ccc(Cl)c(N=NC(C(C)=O)C(=O)Nc3ccc(NC(=O)C(N=Nc4cc(C(=O)Nc5ccc(OC)c(C(C)Cl)c5)ccc4Cl)C(C)=O)c(CCCl)c3)c2)cc1C(C)Cl. The predicted octanol–water partition coefficient (Wildman–Crippen LogP) is 12.3. The molecule has 0 aliphatic carbocycles. The van der Waals surface area contributed by atoms with Gasteiger partial charge in [-0.05, 0) is 131 Å². The molecule has 4 unspecified atom stereocenters. The van der Waals surface area contributed by atoms with Gasteiger partial charge >= 0.3 is 0 Å². The number of alkyl halides is 3. The Bertz CT molecular complexity index is 2840. The van der Waals surface area contributed by atoms with Crippen molar-refractivity contribution >= 4 is 127 Å². The molecule has 4 amide bonds. The van der Waals surface area contributed by atoms with Crippen LogP contribution in [0, 0.1) is 0 Å². The fraction of sp³-hybridized carbons (Fsp3) is 0.250. The number of ketones is 2. The van der Waals surface area contributed by atoms with Crippen LogP contribution in [0.5, 0.6) is 11.5 Å². The molecule has 0 saturated heterocycles. The maximum absolute atomic E-state index is 13.5. The highest BCUT2D eigenvalue weighted by atomic mass is 35.5. The van der Waals surface area contributed by atoms with E-state index in [-0.39, 0.29) is 56.2 Å². The summed E-state index contributed by atoms with van der Waals surface area (Å²) >= 11 is 31.4. The van der Waals surface area contributed by atoms with Gasteiger partial charge in [-0.1, -0.05) is 23.2 Å². The van der Waals surface area contributed by atoms with Crippen LogP contribution in [0.4, 0.5) is 34.1 Å². The highest BCUT2D eigenvalue weighted by Crippen LogP contribution is 2.35. The van der Waals surface area contributed by atoms with Crippen molar-refractivity contribution in [3.63, 3.8) is 0 Å². The summed E-state index contributed by atoms with van der Waals surface area (Å²) in [4.78, 5) is 78.9. The molecule has 0 heterocycles. The first-order valence-electron chi connectivity index (χ1n) is 20.8. The van der Waals surface area contributed by atoms with Gasteiger partial charge in [0.2, 0.25) is 12.1 Å². The fourth-order valence-corrected chi connectivity index (χ4v) is 7.36. The van der Waals surface area contributed by atoms with E-state index < -0.39 is 58.0 Å². The normalized spacial score (nSPS) is 13.0. The van der Waals surface area contributed by atoms with Gasteiger partial charge in [-0.15, -0.1) is 34.8 Å². The maximum atomic E-state index is 13.5. The minimum atomic E-state index is -1.64. The molecule has 21 heteroatoms. The third-order valence-corrected chi connectivity index (χ3v) is 11.4. The van der Waals surface area contributed by atoms with Gasteiger partial charge in [-0.25, -0.2) is 0 Å². The predicted molar refractivity (Wildman–Crippen MR) is 269 cm³/mol. The third-order valence-electron chi connectivity index (χ3n) is 10.1. The molecule has 360 valence electrons. The molecule has 4 N–H and O–H groups in total. The zero-order valence-electron chi connectivity index (χ0n) is 37.8. The van der Waals surface area contributed by atoms with Gasteiger partial charge in [0.05, 0.1) is 35.0 Å². The van der Waals surface area contributed by atoms with E-state index in [1.54, 1.807) is 50.2 Å². The Morgan fingerprint density at radius 1 is 0.565 bits per heavy atom. The molecule has 4 atom stereocenters. The van der Waals surface area contributed by atoms with Crippen LogP contribution in [0.1, 0.15) is 75.9 Å². The lowest BCUT2D eigenvalue weighted by atomic mass is 10.1. The van der Waals surface area contributed by atoms with Crippen molar-refractivity contribution in [3.05, 3.63) is 129 Å². The van der Waals surface area contributed by atoms with Gasteiger partial charge < -0.3 is 30.7 Å². The van der Waals surface area contributed by atoms with Crippen molar-refractivity contribution in [1.82, 2.24) is 0 Å². The highest BCUT2D eigenvalue weighted by molar-refractivity contribution is 6.33. The van der Waals surface area contributed by atoms with Gasteiger partial charge in [0, 0.05) is 50.9 Å². The summed E-state index contributed by atoms with van der Waals surface area (Å²) in [7, 11) is 3.03. The Morgan fingerprint density at radius 3 is 1.39 bits per heavy atom. The summed E-state index contributed by atoms with van der Waals surface area (Å²) < 4.78 is 10.7. The van der Waals surface area contributed by atoms with Crippen LogP contribution in [-0.2, 0) is 25.6 Å². The van der Waals surface area contributed by atoms with E-state index in [1.165, 1.54) is 68.8 Å². The molecule has 5 aromatic carbocycles. The third kappa shape index (κ3) is 14.3. The number of azo groups is 2. The zero-order valence-corrected chi connectivity index (χ0v) is 41.6. The second-order valence-corrected chi connectivity index (χ2v) is 17.6. The highest BCUT2D eigenvalue weighted by Gasteiger charge is 2.27. The number of carbonyl (C=O) groups excluding carboxylic acids is 6. The van der Waals surface area contributed by atoms with Gasteiger partial charge in [0.25, 0.3) is 23.6 Å². The smallest absolute Gasteiger partial charge is 0.258 e. The van der Waals surface area contributed by atoms with Crippen molar-refractivity contribution in [1.29, 1.82) is 0 Å². The van der Waals surface area contributed by atoms with E-state index in [0.29, 0.717) is 39.6 Å². The number of nitrogens with zero attached hydrogens (tertiary/aromatic N) is 4. The first-order chi connectivity index (χ1) is 32.8. The molecule has 16 nitrogen and oxygen atoms in total. The number of ether oxygens (including phenoxy) is 2. The summed E-state index contributed by atoms with van der Waals surface area (Å²) in [6, 6.07) is 19.7. The number of carbonyl (C=O) groups is 6. The van der Waals surface area contributed by atoms with Crippen LogP contribution < -0.4 is 30.7 Å². The number of rotatable bonds is 20. The number of aryl methyl sites for hydroxylation is 1. The lowest BCUT2D eigenvalue weighted by Gasteiger charge is -2.16. The van der Waals surface area contributed by atoms with Crippen molar-refractivity contribution in [3.8, 4) is 11.5 Å². The summed E-state index contributed by atoms with van der Waals surface area (Å²) in [5.74, 6) is -2.79. The van der Waals surface area contributed by atoms with Crippen molar-refractivity contribution in [2.45, 2.75) is 57.0 Å². The maximum Gasteiger partial charge on any atom is 0.258 e. The first-order valence-corrected chi connectivity index (χ1v) is 23.0. The molecule has 0 fully saturated rings. The van der Waals surface area contributed by atoms with Gasteiger partial charge in [-0.2, -0.15) is 20.5 Å². The number of amides is 4. The Hall–Kier alpha value is -6.43. The molecule has 0 aliphatic heterocycles. The molecular formula is C48H45Cl5N8O8. The molecule has 0 bridgehead atoms. The topological polar surface area (TPSA) is 218 Å². The second-order valence-electron chi connectivity index (χ2n) is 15.1. The van der Waals surface area contributed by atoms with Crippen LogP contribution in [0.15, 0.2) is 111 Å². The Labute approximate surface area is 422 Å². The van der Waals surface area contributed by atoms with E-state index in [1.807, 2.05) is 0 Å². The van der Waals surface area contributed by atoms with Gasteiger partial charge in [0.1, 0.15) is 22.9 Å². The van der Waals surface area contributed by atoms with Gasteiger partial charge in [0.15, 0.2) is 11.6 Å². The lowest BCUT2D eigenvalue weighted by Crippen LogP contribution is -2.32. The second kappa shape index (κ2) is 24.7. The molecule has 0 spiro atoms. The summed E-state index contributed by atoms with van der Waals surface area (Å²) in [6.45, 7) is 5.86. The number of methoxy groups -OCH3 is 2. The van der Waals surface area contributed by atoms with Crippen LogP contribution >= 0.6 is 58.0 Å². The minimum Gasteiger partial charge on any atom is -0.496 e. The molecule has 0 saturated carbocycles. The molecular weight excluding hydrogens is 994 g/mol. The number of benzene rings is 5. The van der Waals surface area contributed by atoms with Crippen molar-refractivity contribution in [2.75, 3.05) is 41.4 Å². The summed E-state index contributed by atoms with van der Waals surface area (Å²) in [5, 5.41) is 26.4. The standard InChI is InChI=1S/C48H45Cl5N8O8/c1-24(50)34-22-32(10-15-41(34)68-5)54-45(64)29-7-12-36(52)39(20-29)58-60-43(26(3)62)47(66)56-31-9-14-38(28(19-31)17-18-49)57-48(67)44(27(4)63)61-59-40-21-30(8-13-37(40)53)46(65)55-33-11-16-42(69-6)35(23-33)25(2)51/h7-16,19-25,43-44H,17-18H2,1-6H3,(H,54,64)(H,55,65)(H,56,66)(H,57,67). The van der Waals surface area contributed by atoms with Crippen LogP contribution in [0.3, 0.4) is 0 Å². The van der Waals surface area contributed by atoms with E-state index in [4.69, 9.17) is 67.5 Å². The first kappa shape index (κ1) is 53.5. The van der Waals surface area contributed by atoms with Crippen molar-refractivity contribution in [2.24, 2.45) is 20.5 Å². The molecule has 0 aromatic heterocycles. The zero-order chi connectivity index (χ0) is 50.5. The van der Waals surface area contributed by atoms with E-state index in [9.17, 15) is 28.8 Å². The van der Waals surface area contributed by atoms with Crippen molar-refractivity contribution < 1.29 is 38.2 Å². The summed E-state index contributed by atoms with van der Waals surface area (Å²) in [6.07, 6.45) is 0.198. The van der Waals surface area contributed by atoms with Gasteiger partial charge in [-0.3, -0.25) is 28.8 Å². The van der Waals surface area contributed by atoms with E-state index >= 15 is 0 Å². The minimum absolute atomic E-state index is 0.0146. The number of Topliss-reactive ketones (excluding diaryl/α,β-unsaturated/α-hetero) is 2. The van der Waals surface area contributed by atoms with Crippen LogP contribution in [0.25, 0.3) is 0 Å². The molecule has 0 aliphatic rings. The number of halogens is 5. The molecule has 0 radical (unpaired) electrons. The Balaban J connectivity index is 1.28. The number of hydrogen-bond donors (Lipinski definition) is 4. The summed E-state index contributed by atoms with van der Waals surface area (Å²) in [5.41, 5.74) is 3.51. The number of nitrogens with one attached hydrogen (secondary N) is 4. The molecule has 5 rings (SSSR count). The fourth-order valence-electron chi connectivity index (χ4n) is 6.50. The average Bonchev–Trinajstić information content (AvgIpc) is 3.30. The monoisotopic (exact) mass is 1040 g/mol. The van der Waals surface area contributed by atoms with E-state index in [0.717, 1.165) is 13.8 Å². The Kier molecular flexibility index (Phi) is 19.2. The number of anilines is 4. The quantitative estimate of drug-likeness (QED) is 0.0333. The molecule has 69 heavy (non-hydrogen) atoms. The van der Waals surface area contributed by atoms with Crippen LogP contribution in [0.2, 0.25) is 10.0 Å². The van der Waals surface area contributed by atoms with Crippen LogP contribution in [-0.4, -0.2) is 67.4 Å². The van der Waals surface area contributed by atoms with E-state index in [2.05, 4.69) is 41.7 Å².